The Hall–Kier alpha value is -2.36. The van der Waals surface area contributed by atoms with Crippen LogP contribution >= 0.6 is 23.2 Å². The number of benzene rings is 3. The lowest BCUT2D eigenvalue weighted by Gasteiger charge is -2.15. The van der Waals surface area contributed by atoms with Gasteiger partial charge < -0.3 is 14.8 Å². The maximum atomic E-state index is 6.41. The molecule has 3 aromatic rings. The van der Waals surface area contributed by atoms with Gasteiger partial charge >= 0.3 is 0 Å². The van der Waals surface area contributed by atoms with Crippen LogP contribution in [-0.2, 0) is 13.2 Å². The van der Waals surface area contributed by atoms with Gasteiger partial charge in [-0.25, -0.2) is 0 Å². The summed E-state index contributed by atoms with van der Waals surface area (Å²) >= 11 is 12.6. The Morgan fingerprint density at radius 3 is 2.29 bits per heavy atom. The van der Waals surface area contributed by atoms with Crippen LogP contribution in [0.3, 0.4) is 0 Å². The lowest BCUT2D eigenvalue weighted by molar-refractivity contribution is 0.303. The fourth-order valence-electron chi connectivity index (χ4n) is 2.78. The van der Waals surface area contributed by atoms with Crippen LogP contribution in [0, 0.1) is 6.92 Å². The predicted molar refractivity (Wildman–Crippen MR) is 117 cm³/mol. The fraction of sp³-hybridized carbons (Fsp3) is 0.217. The molecule has 0 spiro atoms. The molecule has 0 aliphatic heterocycles. The minimum Gasteiger partial charge on any atom is -0.494 e. The van der Waals surface area contributed by atoms with E-state index in [1.54, 1.807) is 6.07 Å². The molecule has 3 nitrogen and oxygen atoms in total. The molecule has 28 heavy (non-hydrogen) atoms. The average Bonchev–Trinajstić information content (AvgIpc) is 2.68. The highest BCUT2D eigenvalue weighted by Crippen LogP contribution is 2.33. The number of anilines is 1. The third-order valence-electron chi connectivity index (χ3n) is 4.24. The summed E-state index contributed by atoms with van der Waals surface area (Å²) in [6.07, 6.45) is 0. The second kappa shape index (κ2) is 9.72. The molecule has 0 atom stereocenters. The predicted octanol–water partition coefficient (Wildman–Crippen LogP) is 6.89. The lowest BCUT2D eigenvalue weighted by atomic mass is 10.1. The normalized spacial score (nSPS) is 10.6. The van der Waals surface area contributed by atoms with Crippen molar-refractivity contribution in [2.24, 2.45) is 0 Å². The smallest absolute Gasteiger partial charge is 0.143 e. The van der Waals surface area contributed by atoms with Crippen LogP contribution in [0.15, 0.2) is 60.7 Å². The van der Waals surface area contributed by atoms with Crippen molar-refractivity contribution in [3.05, 3.63) is 87.4 Å². The molecule has 0 aromatic heterocycles. The van der Waals surface area contributed by atoms with Crippen molar-refractivity contribution in [1.29, 1.82) is 0 Å². The standard InChI is InChI=1S/C23H23Cl2NO2/c1-3-27-21-10-8-20(9-11-21)26-14-18-12-19(24)13-22(25)23(18)28-15-17-6-4-16(2)5-7-17/h4-13,26H,3,14-15H2,1-2H3. The Balaban J connectivity index is 1.71. The fourth-order valence-corrected chi connectivity index (χ4v) is 3.37. The molecular weight excluding hydrogens is 393 g/mol. The van der Waals surface area contributed by atoms with Crippen LogP contribution in [0.25, 0.3) is 0 Å². The molecule has 0 heterocycles. The Morgan fingerprint density at radius 2 is 1.61 bits per heavy atom. The zero-order chi connectivity index (χ0) is 19.9. The van der Waals surface area contributed by atoms with E-state index in [0.717, 1.165) is 22.6 Å². The third kappa shape index (κ3) is 5.57. The van der Waals surface area contributed by atoms with Gasteiger partial charge in [0.05, 0.1) is 11.6 Å². The van der Waals surface area contributed by atoms with Gasteiger partial charge in [0, 0.05) is 22.8 Å². The number of aryl methyl sites for hydroxylation is 1. The minimum absolute atomic E-state index is 0.442. The highest BCUT2D eigenvalue weighted by Gasteiger charge is 2.11. The summed E-state index contributed by atoms with van der Waals surface area (Å²) in [5.41, 5.74) is 4.18. The van der Waals surface area contributed by atoms with Gasteiger partial charge in [-0.1, -0.05) is 53.0 Å². The van der Waals surface area contributed by atoms with Gasteiger partial charge in [-0.15, -0.1) is 0 Å². The monoisotopic (exact) mass is 415 g/mol. The summed E-state index contributed by atoms with van der Waals surface area (Å²) < 4.78 is 11.5. The molecule has 0 saturated carbocycles. The molecule has 0 aliphatic rings. The molecule has 1 N–H and O–H groups in total. The van der Waals surface area contributed by atoms with E-state index < -0.39 is 0 Å². The first kappa shape index (κ1) is 20.4. The first-order valence-corrected chi connectivity index (χ1v) is 9.93. The zero-order valence-corrected chi connectivity index (χ0v) is 17.5. The summed E-state index contributed by atoms with van der Waals surface area (Å²) in [7, 11) is 0. The quantitative estimate of drug-likeness (QED) is 0.434. The zero-order valence-electron chi connectivity index (χ0n) is 16.0. The maximum Gasteiger partial charge on any atom is 0.143 e. The van der Waals surface area contributed by atoms with E-state index in [2.05, 4.69) is 36.5 Å². The molecule has 5 heteroatoms. The summed E-state index contributed by atoms with van der Waals surface area (Å²) in [5.74, 6) is 1.49. The van der Waals surface area contributed by atoms with E-state index >= 15 is 0 Å². The van der Waals surface area contributed by atoms with Crippen molar-refractivity contribution in [1.82, 2.24) is 0 Å². The average molecular weight is 416 g/mol. The van der Waals surface area contributed by atoms with Gasteiger partial charge in [-0.2, -0.15) is 0 Å². The summed E-state index contributed by atoms with van der Waals surface area (Å²) in [5, 5.41) is 4.46. The van der Waals surface area contributed by atoms with Gasteiger partial charge in [0.2, 0.25) is 0 Å². The molecular formula is C23H23Cl2NO2. The van der Waals surface area contributed by atoms with E-state index in [0.29, 0.717) is 35.6 Å². The van der Waals surface area contributed by atoms with Crippen LogP contribution in [0.2, 0.25) is 10.0 Å². The number of nitrogens with one attached hydrogen (secondary N) is 1. The highest BCUT2D eigenvalue weighted by molar-refractivity contribution is 6.35. The molecule has 0 aliphatic carbocycles. The van der Waals surface area contributed by atoms with Crippen LogP contribution < -0.4 is 14.8 Å². The second-order valence-corrected chi connectivity index (χ2v) is 7.30. The topological polar surface area (TPSA) is 30.5 Å². The van der Waals surface area contributed by atoms with Crippen LogP contribution in [0.1, 0.15) is 23.6 Å². The molecule has 0 bridgehead atoms. The van der Waals surface area contributed by atoms with Crippen LogP contribution in [-0.4, -0.2) is 6.61 Å². The van der Waals surface area contributed by atoms with E-state index in [9.17, 15) is 0 Å². The molecule has 3 aromatic carbocycles. The van der Waals surface area contributed by atoms with Crippen molar-refractivity contribution in [3.63, 3.8) is 0 Å². The van der Waals surface area contributed by atoms with Gasteiger partial charge in [-0.05, 0) is 55.8 Å². The molecule has 0 radical (unpaired) electrons. The Morgan fingerprint density at radius 1 is 0.893 bits per heavy atom. The van der Waals surface area contributed by atoms with Crippen molar-refractivity contribution in [3.8, 4) is 11.5 Å². The van der Waals surface area contributed by atoms with Crippen molar-refractivity contribution in [2.75, 3.05) is 11.9 Å². The van der Waals surface area contributed by atoms with E-state index in [1.165, 1.54) is 5.56 Å². The van der Waals surface area contributed by atoms with E-state index in [1.807, 2.05) is 37.3 Å². The van der Waals surface area contributed by atoms with E-state index in [-0.39, 0.29) is 0 Å². The molecule has 0 saturated heterocycles. The molecule has 3 rings (SSSR count). The number of hydrogen-bond acceptors (Lipinski definition) is 3. The SMILES string of the molecule is CCOc1ccc(NCc2cc(Cl)cc(Cl)c2OCc2ccc(C)cc2)cc1. The summed E-state index contributed by atoms with van der Waals surface area (Å²) in [4.78, 5) is 0. The molecule has 0 unspecified atom stereocenters. The summed E-state index contributed by atoms with van der Waals surface area (Å²) in [6, 6.07) is 19.6. The third-order valence-corrected chi connectivity index (χ3v) is 4.74. The Labute approximate surface area is 176 Å². The minimum atomic E-state index is 0.442. The molecule has 146 valence electrons. The second-order valence-electron chi connectivity index (χ2n) is 6.46. The van der Waals surface area contributed by atoms with Crippen LogP contribution in [0.4, 0.5) is 5.69 Å². The number of halogens is 2. The Kier molecular flexibility index (Phi) is 7.07. The Bertz CT molecular complexity index is 909. The highest BCUT2D eigenvalue weighted by atomic mass is 35.5. The summed E-state index contributed by atoms with van der Waals surface area (Å²) in [6.45, 7) is 5.66. The molecule has 0 fully saturated rings. The van der Waals surface area contributed by atoms with Crippen molar-refractivity contribution < 1.29 is 9.47 Å². The van der Waals surface area contributed by atoms with Crippen LogP contribution in [0.5, 0.6) is 11.5 Å². The number of rotatable bonds is 8. The van der Waals surface area contributed by atoms with Gasteiger partial charge in [0.1, 0.15) is 18.1 Å². The first-order chi connectivity index (χ1) is 13.5. The largest absolute Gasteiger partial charge is 0.494 e. The first-order valence-electron chi connectivity index (χ1n) is 9.18. The van der Waals surface area contributed by atoms with E-state index in [4.69, 9.17) is 32.7 Å². The van der Waals surface area contributed by atoms with Crippen molar-refractivity contribution in [2.45, 2.75) is 27.0 Å². The van der Waals surface area contributed by atoms with Gasteiger partial charge in [0.25, 0.3) is 0 Å². The lowest BCUT2D eigenvalue weighted by Crippen LogP contribution is -2.04. The van der Waals surface area contributed by atoms with Crippen molar-refractivity contribution >= 4 is 28.9 Å². The molecule has 0 amide bonds. The van der Waals surface area contributed by atoms with Gasteiger partial charge in [-0.3, -0.25) is 0 Å². The maximum absolute atomic E-state index is 6.41. The number of hydrogen-bond donors (Lipinski definition) is 1. The number of ether oxygens (including phenoxy) is 2. The van der Waals surface area contributed by atoms with Gasteiger partial charge in [0.15, 0.2) is 0 Å².